The fraction of sp³-hybridized carbons (Fsp3) is 0.0400. The van der Waals surface area contributed by atoms with Crippen molar-refractivity contribution in [2.24, 2.45) is 0 Å². The van der Waals surface area contributed by atoms with Crippen LogP contribution in [0.2, 0.25) is 0 Å². The van der Waals surface area contributed by atoms with Crippen LogP contribution in [0.25, 0.3) is 28.4 Å². The minimum Gasteiger partial charge on any atom is -0.496 e. The van der Waals surface area contributed by atoms with Gasteiger partial charge >= 0.3 is 5.97 Å². The average Bonchev–Trinajstić information content (AvgIpc) is 2.80. The van der Waals surface area contributed by atoms with Crippen LogP contribution >= 0.6 is 15.9 Å². The van der Waals surface area contributed by atoms with Crippen molar-refractivity contribution >= 4 is 38.9 Å². The van der Waals surface area contributed by atoms with Gasteiger partial charge in [0.1, 0.15) is 11.3 Å². The van der Waals surface area contributed by atoms with Crippen molar-refractivity contribution in [2.45, 2.75) is 0 Å². The second-order valence-electron chi connectivity index (χ2n) is 6.60. The van der Waals surface area contributed by atoms with E-state index in [0.717, 1.165) is 5.56 Å². The molecule has 0 radical (unpaired) electrons. The van der Waals surface area contributed by atoms with Gasteiger partial charge in [0.15, 0.2) is 5.76 Å². The second-order valence-corrected chi connectivity index (χ2v) is 7.45. The molecule has 5 nitrogen and oxygen atoms in total. The molecule has 4 rings (SSSR count). The molecule has 3 aromatic carbocycles. The highest BCUT2D eigenvalue weighted by atomic mass is 79.9. The lowest BCUT2D eigenvalue weighted by molar-refractivity contribution is -0.129. The van der Waals surface area contributed by atoms with E-state index in [9.17, 15) is 9.59 Å². The van der Waals surface area contributed by atoms with Crippen LogP contribution in [-0.4, -0.2) is 13.1 Å². The molecule has 0 spiro atoms. The van der Waals surface area contributed by atoms with E-state index in [1.807, 2.05) is 30.3 Å². The monoisotopic (exact) mass is 476 g/mol. The van der Waals surface area contributed by atoms with Crippen molar-refractivity contribution in [3.63, 3.8) is 0 Å². The molecular weight excluding hydrogens is 460 g/mol. The minimum absolute atomic E-state index is 0.161. The van der Waals surface area contributed by atoms with Crippen LogP contribution in [0.3, 0.4) is 0 Å². The molecule has 31 heavy (non-hydrogen) atoms. The molecule has 0 amide bonds. The fourth-order valence-electron chi connectivity index (χ4n) is 3.08. The maximum atomic E-state index is 13.1. The van der Waals surface area contributed by atoms with Gasteiger partial charge in [0, 0.05) is 11.6 Å². The van der Waals surface area contributed by atoms with Crippen molar-refractivity contribution in [2.75, 3.05) is 7.11 Å². The van der Waals surface area contributed by atoms with E-state index in [1.165, 1.54) is 6.08 Å². The van der Waals surface area contributed by atoms with Gasteiger partial charge in [-0.1, -0.05) is 42.5 Å². The van der Waals surface area contributed by atoms with Crippen LogP contribution in [0.5, 0.6) is 11.5 Å². The van der Waals surface area contributed by atoms with Crippen molar-refractivity contribution in [1.82, 2.24) is 0 Å². The number of carbonyl (C=O) groups is 1. The molecule has 1 heterocycles. The maximum absolute atomic E-state index is 13.1. The highest BCUT2D eigenvalue weighted by molar-refractivity contribution is 9.10. The normalized spacial score (nSPS) is 11.0. The summed E-state index contributed by atoms with van der Waals surface area (Å²) in [6.07, 6.45) is 2.90. The highest BCUT2D eigenvalue weighted by Crippen LogP contribution is 2.35. The number of hydrogen-bond acceptors (Lipinski definition) is 5. The lowest BCUT2D eigenvalue weighted by atomic mass is 10.1. The summed E-state index contributed by atoms with van der Waals surface area (Å²) in [5, 5.41) is 0.327. The van der Waals surface area contributed by atoms with Gasteiger partial charge < -0.3 is 13.9 Å². The number of fused-ring (bicyclic) bond motifs is 1. The predicted octanol–water partition coefficient (Wildman–Crippen LogP) is 5.85. The molecular formula is C25H17BrO5. The zero-order chi connectivity index (χ0) is 21.8. The van der Waals surface area contributed by atoms with Gasteiger partial charge in [-0.15, -0.1) is 0 Å². The summed E-state index contributed by atoms with van der Waals surface area (Å²) in [7, 11) is 1.56. The van der Waals surface area contributed by atoms with Crippen LogP contribution in [-0.2, 0) is 4.79 Å². The Labute approximate surface area is 186 Å². The topological polar surface area (TPSA) is 65.7 Å². The van der Waals surface area contributed by atoms with Gasteiger partial charge in [0.05, 0.1) is 17.0 Å². The first kappa shape index (κ1) is 20.6. The Bertz CT molecular complexity index is 1340. The Kier molecular flexibility index (Phi) is 6.00. The van der Waals surface area contributed by atoms with Gasteiger partial charge in [0.2, 0.25) is 11.2 Å². The molecule has 0 atom stereocenters. The van der Waals surface area contributed by atoms with Crippen LogP contribution in [0, 0.1) is 0 Å². The summed E-state index contributed by atoms with van der Waals surface area (Å²) in [6.45, 7) is 0. The Hall–Kier alpha value is -3.64. The molecule has 0 aliphatic heterocycles. The third kappa shape index (κ3) is 4.44. The van der Waals surface area contributed by atoms with Crippen LogP contribution < -0.4 is 14.9 Å². The molecule has 4 aromatic rings. The van der Waals surface area contributed by atoms with Gasteiger partial charge in [-0.2, -0.15) is 0 Å². The lowest BCUT2D eigenvalue weighted by Crippen LogP contribution is -2.14. The summed E-state index contributed by atoms with van der Waals surface area (Å²) in [5.41, 5.74) is 1.37. The van der Waals surface area contributed by atoms with E-state index < -0.39 is 11.4 Å². The van der Waals surface area contributed by atoms with Crippen molar-refractivity contribution in [1.29, 1.82) is 0 Å². The van der Waals surface area contributed by atoms with Gasteiger partial charge in [0.25, 0.3) is 0 Å². The zero-order valence-corrected chi connectivity index (χ0v) is 18.1. The quantitative estimate of drug-likeness (QED) is 0.267. The van der Waals surface area contributed by atoms with E-state index in [1.54, 1.807) is 55.7 Å². The largest absolute Gasteiger partial charge is 0.496 e. The maximum Gasteiger partial charge on any atom is 0.336 e. The lowest BCUT2D eigenvalue weighted by Gasteiger charge is -2.11. The molecule has 0 saturated carbocycles. The molecule has 0 aliphatic carbocycles. The molecule has 0 unspecified atom stereocenters. The smallest absolute Gasteiger partial charge is 0.336 e. The van der Waals surface area contributed by atoms with Crippen LogP contribution in [0.4, 0.5) is 0 Å². The molecule has 154 valence electrons. The molecule has 0 bridgehead atoms. The first-order chi connectivity index (χ1) is 15.1. The second kappa shape index (κ2) is 9.02. The number of halogens is 1. The van der Waals surface area contributed by atoms with Gasteiger partial charge in [-0.05, 0) is 57.9 Å². The van der Waals surface area contributed by atoms with Gasteiger partial charge in [-0.25, -0.2) is 4.79 Å². The van der Waals surface area contributed by atoms with E-state index in [2.05, 4.69) is 15.9 Å². The Morgan fingerprint density at radius 1 is 1.00 bits per heavy atom. The number of hydrogen-bond donors (Lipinski definition) is 0. The van der Waals surface area contributed by atoms with Crippen LogP contribution in [0.15, 0.2) is 92.6 Å². The van der Waals surface area contributed by atoms with Crippen molar-refractivity contribution in [3.05, 3.63) is 99.1 Å². The van der Waals surface area contributed by atoms with Crippen molar-refractivity contribution in [3.8, 4) is 22.8 Å². The zero-order valence-electron chi connectivity index (χ0n) is 16.5. The highest BCUT2D eigenvalue weighted by Gasteiger charge is 2.20. The van der Waals surface area contributed by atoms with Crippen molar-refractivity contribution < 1.29 is 18.7 Å². The molecule has 0 aliphatic rings. The Morgan fingerprint density at radius 2 is 1.74 bits per heavy atom. The number of esters is 1. The minimum atomic E-state index is -0.680. The molecule has 0 fully saturated rings. The first-order valence-electron chi connectivity index (χ1n) is 9.41. The molecule has 1 aromatic heterocycles. The molecule has 6 heteroatoms. The Balaban J connectivity index is 1.79. The number of para-hydroxylation sites is 1. The summed E-state index contributed by atoms with van der Waals surface area (Å²) >= 11 is 3.44. The Morgan fingerprint density at radius 3 is 2.48 bits per heavy atom. The summed E-state index contributed by atoms with van der Waals surface area (Å²) in [4.78, 5) is 25.6. The van der Waals surface area contributed by atoms with E-state index >= 15 is 0 Å². The number of ether oxygens (including phenoxy) is 2. The fourth-order valence-corrected chi connectivity index (χ4v) is 3.62. The standard InChI is InChI=1S/C25H17BrO5/c1-29-21-13-12-17(15-19(21)26)24-25(23(28)18-9-5-6-10-20(18)30-24)31-22(27)14-11-16-7-3-2-4-8-16/h2-15H,1H3. The number of rotatable bonds is 5. The van der Waals surface area contributed by atoms with Gasteiger partial charge in [-0.3, -0.25) is 4.79 Å². The third-order valence-electron chi connectivity index (χ3n) is 4.58. The summed E-state index contributed by atoms with van der Waals surface area (Å²) in [5.74, 6) is -0.0662. The number of methoxy groups -OCH3 is 1. The van der Waals surface area contributed by atoms with E-state index in [4.69, 9.17) is 13.9 Å². The summed E-state index contributed by atoms with van der Waals surface area (Å²) in [6, 6.07) is 21.3. The van der Waals surface area contributed by atoms with E-state index in [0.29, 0.717) is 26.8 Å². The SMILES string of the molecule is COc1ccc(-c2oc3ccccc3c(=O)c2OC(=O)C=Cc2ccccc2)cc1Br. The molecule has 0 N–H and O–H groups in total. The van der Waals surface area contributed by atoms with E-state index in [-0.39, 0.29) is 11.5 Å². The van der Waals surface area contributed by atoms with Crippen LogP contribution in [0.1, 0.15) is 5.56 Å². The number of carbonyl (C=O) groups excluding carboxylic acids is 1. The number of benzene rings is 3. The third-order valence-corrected chi connectivity index (χ3v) is 5.20. The first-order valence-corrected chi connectivity index (χ1v) is 10.2. The molecule has 0 saturated heterocycles. The summed E-state index contributed by atoms with van der Waals surface area (Å²) < 4.78 is 17.4. The average molecular weight is 477 g/mol. The predicted molar refractivity (Wildman–Crippen MR) is 123 cm³/mol.